The molecule has 7 heteroatoms. The number of morpholine rings is 1. The van der Waals surface area contributed by atoms with Gasteiger partial charge < -0.3 is 19.1 Å². The summed E-state index contributed by atoms with van der Waals surface area (Å²) in [6, 6.07) is 15.0. The third kappa shape index (κ3) is 5.49. The van der Waals surface area contributed by atoms with Crippen LogP contribution in [0.2, 0.25) is 0 Å². The monoisotopic (exact) mass is 454 g/mol. The molecule has 2 unspecified atom stereocenters. The Balaban J connectivity index is 1.41. The highest BCUT2D eigenvalue weighted by atomic mass is 16.5. The zero-order valence-electron chi connectivity index (χ0n) is 20.0. The molecule has 2 N–H and O–H groups in total. The van der Waals surface area contributed by atoms with Crippen molar-refractivity contribution in [1.82, 2.24) is 4.90 Å². The molecule has 33 heavy (non-hydrogen) atoms. The van der Waals surface area contributed by atoms with Gasteiger partial charge >= 0.3 is 6.09 Å². The maximum atomic E-state index is 11.5. The molecule has 2 aliphatic heterocycles. The van der Waals surface area contributed by atoms with Crippen LogP contribution in [0, 0.1) is 0 Å². The number of anilines is 1. The van der Waals surface area contributed by atoms with E-state index in [2.05, 4.69) is 54.0 Å². The molecule has 2 aromatic rings. The second-order valence-electron chi connectivity index (χ2n) is 8.73. The number of primary amides is 1. The summed E-state index contributed by atoms with van der Waals surface area (Å²) in [5.41, 5.74) is 4.71. The van der Waals surface area contributed by atoms with Gasteiger partial charge in [0.1, 0.15) is 11.4 Å². The van der Waals surface area contributed by atoms with Crippen LogP contribution in [0.25, 0.3) is 0 Å². The lowest BCUT2D eigenvalue weighted by atomic mass is 9.92. The molecule has 1 fully saturated rings. The average Bonchev–Trinajstić information content (AvgIpc) is 3.13. The van der Waals surface area contributed by atoms with Gasteiger partial charge in [0, 0.05) is 43.9 Å². The van der Waals surface area contributed by atoms with E-state index in [0.29, 0.717) is 5.92 Å². The Bertz CT molecular complexity index is 928. The third-order valence-corrected chi connectivity index (χ3v) is 6.71. The number of carbonyl (C=O) groups excluding carboxylic acids is 1. The number of hydrogen-bond donors (Lipinski definition) is 1. The smallest absolute Gasteiger partial charge is 0.493 e. The zero-order valence-corrected chi connectivity index (χ0v) is 20.0. The van der Waals surface area contributed by atoms with Crippen molar-refractivity contribution in [1.29, 1.82) is 0 Å². The highest BCUT2D eigenvalue weighted by Gasteiger charge is 2.36. The van der Waals surface area contributed by atoms with E-state index < -0.39 is 0 Å². The molecule has 0 radical (unpaired) electrons. The van der Waals surface area contributed by atoms with Gasteiger partial charge in [-0.05, 0) is 42.7 Å². The van der Waals surface area contributed by atoms with Crippen molar-refractivity contribution < 1.29 is 24.3 Å². The van der Waals surface area contributed by atoms with E-state index in [-0.39, 0.29) is 12.1 Å². The van der Waals surface area contributed by atoms with Crippen LogP contribution in [0.1, 0.15) is 43.4 Å². The fourth-order valence-corrected chi connectivity index (χ4v) is 4.96. The molecule has 2 aromatic carbocycles. The molecule has 0 spiro atoms. The normalized spacial score (nSPS) is 20.5. The number of hydrogen-bond acceptors (Lipinski definition) is 6. The molecule has 0 saturated carbocycles. The van der Waals surface area contributed by atoms with Crippen LogP contribution in [0.15, 0.2) is 42.5 Å². The van der Waals surface area contributed by atoms with Crippen molar-refractivity contribution >= 4 is 17.5 Å². The summed E-state index contributed by atoms with van der Waals surface area (Å²) < 4.78 is 16.3. The summed E-state index contributed by atoms with van der Waals surface area (Å²) in [5.74, 6) is 1.30. The van der Waals surface area contributed by atoms with Gasteiger partial charge in [0.2, 0.25) is 0 Å². The Morgan fingerprint density at radius 3 is 2.61 bits per heavy atom. The SMILES string of the molecule is CCN1c2cc(OCCCN3CCOCC3)ccc2C(C)C1c1ccc([NH2+]C(=O)OC)cc1. The largest absolute Gasteiger partial charge is 0.517 e. The van der Waals surface area contributed by atoms with Gasteiger partial charge in [-0.3, -0.25) is 4.90 Å². The first-order valence-corrected chi connectivity index (χ1v) is 12.0. The van der Waals surface area contributed by atoms with Crippen molar-refractivity contribution in [2.75, 3.05) is 58.0 Å². The summed E-state index contributed by atoms with van der Waals surface area (Å²) in [4.78, 5) is 16.4. The fraction of sp³-hybridized carbons (Fsp3) is 0.500. The Hall–Kier alpha value is -2.61. The minimum Gasteiger partial charge on any atom is -0.493 e. The molecule has 2 heterocycles. The third-order valence-electron chi connectivity index (χ3n) is 6.71. The lowest BCUT2D eigenvalue weighted by Crippen LogP contribution is -2.82. The molecule has 4 rings (SSSR count). The van der Waals surface area contributed by atoms with Crippen molar-refractivity contribution in [3.63, 3.8) is 0 Å². The lowest BCUT2D eigenvalue weighted by Gasteiger charge is -2.29. The van der Waals surface area contributed by atoms with E-state index in [0.717, 1.165) is 63.9 Å². The lowest BCUT2D eigenvalue weighted by molar-refractivity contribution is -0.481. The van der Waals surface area contributed by atoms with Gasteiger partial charge in [-0.25, -0.2) is 5.32 Å². The molecule has 1 amide bonds. The number of rotatable bonds is 8. The second kappa shape index (κ2) is 11.0. The molecule has 1 saturated heterocycles. The maximum absolute atomic E-state index is 11.5. The average molecular weight is 455 g/mol. The van der Waals surface area contributed by atoms with E-state index in [9.17, 15) is 4.79 Å². The van der Waals surface area contributed by atoms with Crippen LogP contribution in [-0.2, 0) is 9.47 Å². The molecule has 2 aliphatic rings. The van der Waals surface area contributed by atoms with Crippen molar-refractivity contribution in [2.45, 2.75) is 32.2 Å². The molecular weight excluding hydrogens is 418 g/mol. The number of amides is 1. The van der Waals surface area contributed by atoms with E-state index in [1.807, 2.05) is 12.1 Å². The van der Waals surface area contributed by atoms with Crippen LogP contribution in [0.5, 0.6) is 5.75 Å². The molecule has 0 aromatic heterocycles. The van der Waals surface area contributed by atoms with Crippen LogP contribution < -0.4 is 15.0 Å². The Morgan fingerprint density at radius 2 is 1.91 bits per heavy atom. The van der Waals surface area contributed by atoms with Gasteiger partial charge in [0.05, 0.1) is 33.0 Å². The Kier molecular flexibility index (Phi) is 7.85. The highest BCUT2D eigenvalue weighted by molar-refractivity contribution is 5.66. The van der Waals surface area contributed by atoms with Crippen LogP contribution >= 0.6 is 0 Å². The predicted molar refractivity (Wildman–Crippen MR) is 128 cm³/mol. The van der Waals surface area contributed by atoms with E-state index in [4.69, 9.17) is 14.2 Å². The van der Waals surface area contributed by atoms with E-state index in [1.165, 1.54) is 29.2 Å². The number of quaternary nitrogens is 1. The summed E-state index contributed by atoms with van der Waals surface area (Å²) in [7, 11) is 1.39. The summed E-state index contributed by atoms with van der Waals surface area (Å²) in [6.45, 7) is 10.9. The highest BCUT2D eigenvalue weighted by Crippen LogP contribution is 2.49. The van der Waals surface area contributed by atoms with Gasteiger partial charge in [-0.1, -0.05) is 25.1 Å². The standard InChI is InChI=1S/C26H35N3O4/c1-4-29-24-18-22(33-15-5-12-28-13-16-32-17-14-28)10-11-23(24)19(2)25(29)20-6-8-21(9-7-20)27-26(30)31-3/h6-11,18-19,25H,4-5,12-17H2,1-3H3,(H,27,30)/p+1. The van der Waals surface area contributed by atoms with Gasteiger partial charge in [0.25, 0.3) is 0 Å². The first-order chi connectivity index (χ1) is 16.1. The number of methoxy groups -OCH3 is 1. The van der Waals surface area contributed by atoms with Gasteiger partial charge in [-0.2, -0.15) is 4.79 Å². The maximum Gasteiger partial charge on any atom is 0.517 e. The number of nitrogens with zero attached hydrogens (tertiary/aromatic N) is 2. The van der Waals surface area contributed by atoms with Crippen molar-refractivity contribution in [2.24, 2.45) is 0 Å². The van der Waals surface area contributed by atoms with E-state index in [1.54, 1.807) is 0 Å². The number of ether oxygens (including phenoxy) is 3. The summed E-state index contributed by atoms with van der Waals surface area (Å²) in [5, 5.41) is 1.51. The molecule has 2 atom stereocenters. The van der Waals surface area contributed by atoms with Crippen LogP contribution in [-0.4, -0.2) is 64.1 Å². The number of nitrogens with two attached hydrogens (primary N) is 1. The molecule has 0 bridgehead atoms. The second-order valence-corrected chi connectivity index (χ2v) is 8.73. The number of carbonyl (C=O) groups is 1. The van der Waals surface area contributed by atoms with Crippen molar-refractivity contribution in [3.8, 4) is 5.75 Å². The molecule has 0 aliphatic carbocycles. The summed E-state index contributed by atoms with van der Waals surface area (Å²) >= 11 is 0. The minimum absolute atomic E-state index is 0.258. The minimum atomic E-state index is -0.336. The van der Waals surface area contributed by atoms with Gasteiger partial charge in [0.15, 0.2) is 0 Å². The van der Waals surface area contributed by atoms with Crippen LogP contribution in [0.3, 0.4) is 0 Å². The Labute approximate surface area is 196 Å². The van der Waals surface area contributed by atoms with Crippen LogP contribution in [0.4, 0.5) is 16.2 Å². The predicted octanol–water partition coefficient (Wildman–Crippen LogP) is 3.43. The zero-order chi connectivity index (χ0) is 23.2. The summed E-state index contributed by atoms with van der Waals surface area (Å²) in [6.07, 6.45) is 0.680. The topological polar surface area (TPSA) is 67.8 Å². The molecule has 7 nitrogen and oxygen atoms in total. The number of fused-ring (bicyclic) bond motifs is 1. The first kappa shape index (κ1) is 23.5. The first-order valence-electron chi connectivity index (χ1n) is 12.0. The number of likely N-dealkylation sites (N-methyl/N-ethyl adjacent to an activating group) is 1. The van der Waals surface area contributed by atoms with E-state index >= 15 is 0 Å². The molecular formula is C26H36N3O4+. The number of benzene rings is 2. The Morgan fingerprint density at radius 1 is 1.15 bits per heavy atom. The van der Waals surface area contributed by atoms with Gasteiger partial charge in [-0.15, -0.1) is 0 Å². The van der Waals surface area contributed by atoms with Crippen molar-refractivity contribution in [3.05, 3.63) is 53.6 Å². The molecule has 178 valence electrons. The quantitative estimate of drug-likeness (QED) is 0.487. The fourth-order valence-electron chi connectivity index (χ4n) is 4.96.